The first-order valence-corrected chi connectivity index (χ1v) is 11.3. The fourth-order valence-electron chi connectivity index (χ4n) is 4.84. The first-order chi connectivity index (χ1) is 15.6. The zero-order valence-corrected chi connectivity index (χ0v) is 18.2. The molecule has 1 aromatic heterocycles. The van der Waals surface area contributed by atoms with Crippen molar-refractivity contribution in [1.29, 1.82) is 0 Å². The minimum atomic E-state index is -0.214. The Morgan fingerprint density at radius 3 is 2.50 bits per heavy atom. The Bertz CT molecular complexity index is 1080. The summed E-state index contributed by atoms with van der Waals surface area (Å²) in [5.74, 6) is 0.716. The molecule has 2 aromatic carbocycles. The van der Waals surface area contributed by atoms with E-state index < -0.39 is 0 Å². The van der Waals surface area contributed by atoms with E-state index in [-0.39, 0.29) is 5.91 Å². The lowest BCUT2D eigenvalue weighted by atomic mass is 9.86. The third-order valence-corrected chi connectivity index (χ3v) is 6.80. The van der Waals surface area contributed by atoms with Crippen molar-refractivity contribution in [1.82, 2.24) is 10.3 Å². The van der Waals surface area contributed by atoms with E-state index in [0.29, 0.717) is 22.5 Å². The molecule has 4 N–H and O–H groups in total. The molecule has 6 nitrogen and oxygen atoms in total. The highest BCUT2D eigenvalue weighted by Crippen LogP contribution is 2.32. The lowest BCUT2D eigenvalue weighted by Gasteiger charge is -2.40. The van der Waals surface area contributed by atoms with E-state index in [9.17, 15) is 4.79 Å². The van der Waals surface area contributed by atoms with Crippen molar-refractivity contribution in [3.8, 4) is 11.1 Å². The number of hydrogen-bond acceptors (Lipinski definition) is 5. The quantitative estimate of drug-likeness (QED) is 0.541. The number of hydrogen-bond donors (Lipinski definition) is 3. The molecule has 2 aliphatic heterocycles. The van der Waals surface area contributed by atoms with Crippen LogP contribution in [0.4, 0.5) is 17.2 Å². The Kier molecular flexibility index (Phi) is 5.53. The second kappa shape index (κ2) is 8.63. The molecule has 0 bridgehead atoms. The van der Waals surface area contributed by atoms with Gasteiger partial charge in [-0.15, -0.1) is 0 Å². The number of nitrogen functional groups attached to an aromatic ring is 1. The SMILES string of the molecule is Nc1ccc(-c2ccccc2)cc1NC(=O)c1ccc(N2CCC3(CCCN3)CC2)nc1. The maximum atomic E-state index is 12.8. The molecule has 3 aromatic rings. The number of nitrogens with two attached hydrogens (primary N) is 1. The number of pyridine rings is 1. The Morgan fingerprint density at radius 2 is 1.81 bits per heavy atom. The normalized spacial score (nSPS) is 17.4. The van der Waals surface area contributed by atoms with Crippen molar-refractivity contribution in [2.24, 2.45) is 0 Å². The van der Waals surface area contributed by atoms with Crippen molar-refractivity contribution < 1.29 is 4.79 Å². The molecule has 0 saturated carbocycles. The summed E-state index contributed by atoms with van der Waals surface area (Å²) in [5.41, 5.74) is 10.2. The van der Waals surface area contributed by atoms with Gasteiger partial charge in [-0.1, -0.05) is 36.4 Å². The maximum absolute atomic E-state index is 12.8. The summed E-state index contributed by atoms with van der Waals surface area (Å²) in [4.78, 5) is 19.7. The van der Waals surface area contributed by atoms with E-state index >= 15 is 0 Å². The van der Waals surface area contributed by atoms with Crippen LogP contribution in [0.1, 0.15) is 36.0 Å². The molecule has 2 aliphatic rings. The summed E-state index contributed by atoms with van der Waals surface area (Å²) in [5, 5.41) is 6.64. The molecule has 164 valence electrons. The summed E-state index contributed by atoms with van der Waals surface area (Å²) in [6.07, 6.45) is 6.50. The van der Waals surface area contributed by atoms with Crippen molar-refractivity contribution in [2.45, 2.75) is 31.2 Å². The minimum Gasteiger partial charge on any atom is -0.397 e. The van der Waals surface area contributed by atoms with Crippen LogP contribution in [0, 0.1) is 0 Å². The van der Waals surface area contributed by atoms with Crippen LogP contribution in [0.15, 0.2) is 66.9 Å². The zero-order chi connectivity index (χ0) is 22.0. The lowest BCUT2D eigenvalue weighted by Crippen LogP contribution is -2.50. The number of nitrogens with one attached hydrogen (secondary N) is 2. The largest absolute Gasteiger partial charge is 0.397 e. The molecule has 5 rings (SSSR count). The molecule has 1 spiro atoms. The first kappa shape index (κ1) is 20.5. The molecule has 0 aliphatic carbocycles. The molecule has 2 fully saturated rings. The van der Waals surface area contributed by atoms with Crippen LogP contribution in [0.5, 0.6) is 0 Å². The van der Waals surface area contributed by atoms with E-state index in [4.69, 9.17) is 5.73 Å². The molecule has 0 atom stereocenters. The summed E-state index contributed by atoms with van der Waals surface area (Å²) in [7, 11) is 0. The van der Waals surface area contributed by atoms with E-state index in [0.717, 1.165) is 49.4 Å². The summed E-state index contributed by atoms with van der Waals surface area (Å²) in [6, 6.07) is 19.5. The number of nitrogens with zero attached hydrogens (tertiary/aromatic N) is 2. The number of piperidine rings is 1. The van der Waals surface area contributed by atoms with Crippen LogP contribution in [0.2, 0.25) is 0 Å². The van der Waals surface area contributed by atoms with Crippen LogP contribution >= 0.6 is 0 Å². The third kappa shape index (κ3) is 4.18. The van der Waals surface area contributed by atoms with Gasteiger partial charge in [0.25, 0.3) is 5.91 Å². The number of carbonyl (C=O) groups excluding carboxylic acids is 1. The molecule has 3 heterocycles. The standard InChI is InChI=1S/C26H29N5O/c27-22-9-7-20(19-5-2-1-3-6-19)17-23(22)30-25(32)21-8-10-24(28-18-21)31-15-12-26(13-16-31)11-4-14-29-26/h1-3,5-10,17-18,29H,4,11-16,27H2,(H,30,32). The number of carbonyl (C=O) groups is 1. The van der Waals surface area contributed by atoms with E-state index in [2.05, 4.69) is 20.5 Å². The predicted octanol–water partition coefficient (Wildman–Crippen LogP) is 4.31. The minimum absolute atomic E-state index is 0.214. The van der Waals surface area contributed by atoms with Gasteiger partial charge in [-0.3, -0.25) is 4.79 Å². The Balaban J connectivity index is 1.26. The number of benzene rings is 2. The van der Waals surface area contributed by atoms with Gasteiger partial charge in [0.1, 0.15) is 5.82 Å². The van der Waals surface area contributed by atoms with Gasteiger partial charge in [0.2, 0.25) is 0 Å². The molecule has 6 heteroatoms. The van der Waals surface area contributed by atoms with Gasteiger partial charge >= 0.3 is 0 Å². The second-order valence-electron chi connectivity index (χ2n) is 8.82. The monoisotopic (exact) mass is 427 g/mol. The van der Waals surface area contributed by atoms with E-state index in [1.807, 2.05) is 60.7 Å². The molecule has 0 radical (unpaired) electrons. The van der Waals surface area contributed by atoms with Gasteiger partial charge in [0, 0.05) is 24.8 Å². The van der Waals surface area contributed by atoms with Crippen molar-refractivity contribution in [3.63, 3.8) is 0 Å². The number of aromatic nitrogens is 1. The fraction of sp³-hybridized carbons (Fsp3) is 0.308. The van der Waals surface area contributed by atoms with E-state index in [1.165, 1.54) is 12.8 Å². The number of amides is 1. The maximum Gasteiger partial charge on any atom is 0.257 e. The van der Waals surface area contributed by atoms with Crippen LogP contribution < -0.4 is 21.3 Å². The average molecular weight is 428 g/mol. The fourth-order valence-corrected chi connectivity index (χ4v) is 4.84. The number of anilines is 3. The van der Waals surface area contributed by atoms with Crippen molar-refractivity contribution in [2.75, 3.05) is 35.6 Å². The Labute approximate surface area is 188 Å². The highest BCUT2D eigenvalue weighted by atomic mass is 16.1. The topological polar surface area (TPSA) is 83.3 Å². The Hall–Kier alpha value is -3.38. The van der Waals surface area contributed by atoms with Gasteiger partial charge in [0.15, 0.2) is 0 Å². The lowest BCUT2D eigenvalue weighted by molar-refractivity contribution is 0.102. The molecular weight excluding hydrogens is 398 g/mol. The highest BCUT2D eigenvalue weighted by molar-refractivity contribution is 6.06. The average Bonchev–Trinajstić information content (AvgIpc) is 3.29. The van der Waals surface area contributed by atoms with Gasteiger partial charge < -0.3 is 21.3 Å². The smallest absolute Gasteiger partial charge is 0.257 e. The van der Waals surface area contributed by atoms with Gasteiger partial charge in [-0.25, -0.2) is 4.98 Å². The molecule has 2 saturated heterocycles. The van der Waals surface area contributed by atoms with Crippen LogP contribution in [-0.2, 0) is 0 Å². The Morgan fingerprint density at radius 1 is 1.00 bits per heavy atom. The molecule has 32 heavy (non-hydrogen) atoms. The van der Waals surface area contributed by atoms with Crippen molar-refractivity contribution in [3.05, 3.63) is 72.4 Å². The number of rotatable bonds is 4. The molecule has 1 amide bonds. The van der Waals surface area contributed by atoms with Crippen molar-refractivity contribution >= 4 is 23.1 Å². The van der Waals surface area contributed by atoms with Gasteiger partial charge in [-0.05, 0) is 67.6 Å². The van der Waals surface area contributed by atoms with Gasteiger partial charge in [-0.2, -0.15) is 0 Å². The molecule has 0 unspecified atom stereocenters. The molecular formula is C26H29N5O. The summed E-state index contributed by atoms with van der Waals surface area (Å²) in [6.45, 7) is 3.13. The van der Waals surface area contributed by atoms with Gasteiger partial charge in [0.05, 0.1) is 16.9 Å². The third-order valence-electron chi connectivity index (χ3n) is 6.80. The van der Waals surface area contributed by atoms with Crippen LogP contribution in [0.3, 0.4) is 0 Å². The second-order valence-corrected chi connectivity index (χ2v) is 8.82. The summed E-state index contributed by atoms with van der Waals surface area (Å²) < 4.78 is 0. The zero-order valence-electron chi connectivity index (χ0n) is 18.2. The highest BCUT2D eigenvalue weighted by Gasteiger charge is 2.36. The van der Waals surface area contributed by atoms with Crippen LogP contribution in [-0.4, -0.2) is 36.1 Å². The first-order valence-electron chi connectivity index (χ1n) is 11.3. The van der Waals surface area contributed by atoms with Crippen LogP contribution in [0.25, 0.3) is 11.1 Å². The van der Waals surface area contributed by atoms with E-state index in [1.54, 1.807) is 6.20 Å². The summed E-state index contributed by atoms with van der Waals surface area (Å²) >= 11 is 0. The predicted molar refractivity (Wildman–Crippen MR) is 130 cm³/mol.